The molecule has 0 saturated heterocycles. The fourth-order valence-corrected chi connectivity index (χ4v) is 1.24. The molecule has 0 bridgehead atoms. The molecule has 0 radical (unpaired) electrons. The van der Waals surface area contributed by atoms with E-state index in [0.29, 0.717) is 0 Å². The summed E-state index contributed by atoms with van der Waals surface area (Å²) in [6.45, 7) is 0. The van der Waals surface area contributed by atoms with Gasteiger partial charge in [0.15, 0.2) is 0 Å². The SMILES string of the molecule is FC(F)(F)/C(=C(/C(F)(F)F)C(F)(F)C(F)(F)F)C(F)(F)C(F)(F)F. The van der Waals surface area contributed by atoms with E-state index in [2.05, 4.69) is 0 Å². The molecule has 0 spiro atoms. The fraction of sp³-hybridized carbons (Fsp3) is 0.750. The van der Waals surface area contributed by atoms with Gasteiger partial charge in [-0.25, -0.2) is 0 Å². The molecule has 0 fully saturated rings. The van der Waals surface area contributed by atoms with Gasteiger partial charge in [-0.15, -0.1) is 0 Å². The van der Waals surface area contributed by atoms with Gasteiger partial charge in [-0.3, -0.25) is 0 Å². The van der Waals surface area contributed by atoms with Crippen LogP contribution in [0.5, 0.6) is 0 Å². The third-order valence-corrected chi connectivity index (χ3v) is 2.16. The van der Waals surface area contributed by atoms with Crippen LogP contribution >= 0.6 is 0 Å². The number of halogens is 16. The number of rotatable bonds is 2. The summed E-state index contributed by atoms with van der Waals surface area (Å²) in [5.74, 6) is -15.4. The lowest BCUT2D eigenvalue weighted by atomic mass is 9.94. The molecule has 0 aliphatic carbocycles. The van der Waals surface area contributed by atoms with Crippen LogP contribution in [0, 0.1) is 0 Å². The predicted molar refractivity (Wildman–Crippen MR) is 41.1 cm³/mol. The quantitative estimate of drug-likeness (QED) is 0.406. The highest BCUT2D eigenvalue weighted by Crippen LogP contribution is 2.56. The molecule has 0 aromatic carbocycles. The van der Waals surface area contributed by atoms with Crippen molar-refractivity contribution in [1.29, 1.82) is 0 Å². The number of hydrogen-bond donors (Lipinski definition) is 0. The first-order valence-electron chi connectivity index (χ1n) is 4.77. The van der Waals surface area contributed by atoms with Gasteiger partial charge in [-0.2, -0.15) is 70.2 Å². The van der Waals surface area contributed by atoms with Gasteiger partial charge < -0.3 is 0 Å². The summed E-state index contributed by atoms with van der Waals surface area (Å²) in [4.78, 5) is 0. The van der Waals surface area contributed by atoms with Crippen molar-refractivity contribution in [3.05, 3.63) is 11.1 Å². The van der Waals surface area contributed by atoms with E-state index in [0.717, 1.165) is 0 Å². The number of alkyl halides is 16. The van der Waals surface area contributed by atoms with Gasteiger partial charge in [-0.1, -0.05) is 0 Å². The van der Waals surface area contributed by atoms with Crippen LogP contribution in [0.25, 0.3) is 0 Å². The largest absolute Gasteiger partial charge is 0.458 e. The van der Waals surface area contributed by atoms with Crippen LogP contribution in [-0.4, -0.2) is 36.6 Å². The molecule has 0 aliphatic rings. The molecule has 0 amide bonds. The summed E-state index contributed by atoms with van der Waals surface area (Å²) in [5, 5.41) is 0. The van der Waals surface area contributed by atoms with Crippen molar-refractivity contribution in [2.75, 3.05) is 0 Å². The van der Waals surface area contributed by atoms with E-state index >= 15 is 0 Å². The predicted octanol–water partition coefficient (Wildman–Crippen LogP) is 5.80. The second kappa shape index (κ2) is 5.57. The Morgan fingerprint density at radius 1 is 0.333 bits per heavy atom. The molecule has 24 heavy (non-hydrogen) atoms. The van der Waals surface area contributed by atoms with Gasteiger partial charge in [0, 0.05) is 0 Å². The van der Waals surface area contributed by atoms with Gasteiger partial charge >= 0.3 is 36.6 Å². The van der Waals surface area contributed by atoms with E-state index in [4.69, 9.17) is 0 Å². The van der Waals surface area contributed by atoms with Crippen LogP contribution in [0.1, 0.15) is 0 Å². The normalized spacial score (nSPS) is 17.0. The van der Waals surface area contributed by atoms with Crippen LogP contribution in [-0.2, 0) is 0 Å². The molecule has 0 aliphatic heterocycles. The molecule has 0 heterocycles. The Balaban J connectivity index is 7.29. The van der Waals surface area contributed by atoms with E-state index in [9.17, 15) is 70.2 Å². The average molecular weight is 400 g/mol. The molecule has 144 valence electrons. The van der Waals surface area contributed by atoms with E-state index in [1.807, 2.05) is 0 Å². The van der Waals surface area contributed by atoms with Crippen molar-refractivity contribution in [3.8, 4) is 0 Å². The summed E-state index contributed by atoms with van der Waals surface area (Å²) in [7, 11) is 0. The van der Waals surface area contributed by atoms with Crippen molar-refractivity contribution in [3.63, 3.8) is 0 Å². The molecular weight excluding hydrogens is 400 g/mol. The first kappa shape index (κ1) is 22.6. The summed E-state index contributed by atoms with van der Waals surface area (Å²) < 4.78 is 195. The zero-order valence-corrected chi connectivity index (χ0v) is 10.0. The van der Waals surface area contributed by atoms with Crippen LogP contribution in [0.2, 0.25) is 0 Å². The van der Waals surface area contributed by atoms with Crippen molar-refractivity contribution >= 4 is 0 Å². The minimum absolute atomic E-state index is 5.41. The Hall–Kier alpha value is -1.38. The van der Waals surface area contributed by atoms with Crippen molar-refractivity contribution < 1.29 is 70.2 Å². The molecule has 0 aromatic rings. The lowest BCUT2D eigenvalue weighted by molar-refractivity contribution is -0.299. The topological polar surface area (TPSA) is 0 Å². The zero-order chi connectivity index (χ0) is 20.2. The Morgan fingerprint density at radius 3 is 0.583 bits per heavy atom. The maximum absolute atomic E-state index is 12.7. The summed E-state index contributed by atoms with van der Waals surface area (Å²) in [6, 6.07) is 0. The van der Waals surface area contributed by atoms with Crippen LogP contribution < -0.4 is 0 Å². The number of allylic oxidation sites excluding steroid dienone is 2. The Bertz CT molecular complexity index is 444. The fourth-order valence-electron chi connectivity index (χ4n) is 1.24. The lowest BCUT2D eigenvalue weighted by Gasteiger charge is -2.31. The van der Waals surface area contributed by atoms with E-state index in [-0.39, 0.29) is 0 Å². The molecule has 0 nitrogen and oxygen atoms in total. The molecule has 0 unspecified atom stereocenters. The molecule has 0 aromatic heterocycles. The summed E-state index contributed by atoms with van der Waals surface area (Å²) in [5.41, 5.74) is -10.8. The maximum atomic E-state index is 12.7. The van der Waals surface area contributed by atoms with Crippen LogP contribution in [0.4, 0.5) is 70.2 Å². The average Bonchev–Trinajstić information content (AvgIpc) is 2.17. The van der Waals surface area contributed by atoms with E-state index < -0.39 is 47.7 Å². The Morgan fingerprint density at radius 2 is 0.500 bits per heavy atom. The van der Waals surface area contributed by atoms with Gasteiger partial charge in [0.05, 0.1) is 0 Å². The second-order valence-corrected chi connectivity index (χ2v) is 3.89. The van der Waals surface area contributed by atoms with E-state index in [1.165, 1.54) is 0 Å². The summed E-state index contributed by atoms with van der Waals surface area (Å²) >= 11 is 0. The third kappa shape index (κ3) is 3.99. The van der Waals surface area contributed by atoms with Crippen LogP contribution in [0.15, 0.2) is 11.1 Å². The summed E-state index contributed by atoms with van der Waals surface area (Å²) in [6.07, 6.45) is -30.1. The highest BCUT2D eigenvalue weighted by atomic mass is 19.4. The molecule has 0 N–H and O–H groups in total. The Labute approximate surface area is 119 Å². The minimum Gasteiger partial charge on any atom is -0.191 e. The van der Waals surface area contributed by atoms with Gasteiger partial charge in [0.25, 0.3) is 0 Å². The standard InChI is InChI=1S/C8F16/c9-3(10,7(19,20)21)1(5(13,14)15)2(6(16,17)18)4(11,12)8(22,23)24/b2-1+. The monoisotopic (exact) mass is 400 g/mol. The lowest BCUT2D eigenvalue weighted by Crippen LogP contribution is -2.51. The van der Waals surface area contributed by atoms with E-state index in [1.54, 1.807) is 0 Å². The van der Waals surface area contributed by atoms with Crippen molar-refractivity contribution in [2.45, 2.75) is 36.6 Å². The number of hydrogen-bond acceptors (Lipinski definition) is 0. The third-order valence-electron chi connectivity index (χ3n) is 2.16. The minimum atomic E-state index is -7.70. The first-order valence-corrected chi connectivity index (χ1v) is 4.77. The molecular formula is C8F16. The molecule has 0 saturated carbocycles. The smallest absolute Gasteiger partial charge is 0.191 e. The Kier molecular flexibility index (Phi) is 5.25. The van der Waals surface area contributed by atoms with Crippen molar-refractivity contribution in [2.24, 2.45) is 0 Å². The molecule has 0 rings (SSSR count). The van der Waals surface area contributed by atoms with Gasteiger partial charge in [0.1, 0.15) is 11.1 Å². The van der Waals surface area contributed by atoms with Crippen molar-refractivity contribution in [1.82, 2.24) is 0 Å². The molecule has 0 atom stereocenters. The highest BCUT2D eigenvalue weighted by Gasteiger charge is 2.75. The van der Waals surface area contributed by atoms with Gasteiger partial charge in [0.2, 0.25) is 0 Å². The molecule has 16 heteroatoms. The first-order chi connectivity index (χ1) is 9.99. The van der Waals surface area contributed by atoms with Gasteiger partial charge in [-0.05, 0) is 0 Å². The maximum Gasteiger partial charge on any atom is 0.458 e. The highest BCUT2D eigenvalue weighted by molar-refractivity contribution is 5.36. The second-order valence-electron chi connectivity index (χ2n) is 3.89. The zero-order valence-electron chi connectivity index (χ0n) is 10.0. The van der Waals surface area contributed by atoms with Crippen LogP contribution in [0.3, 0.4) is 0 Å².